The van der Waals surface area contributed by atoms with Crippen LogP contribution in [-0.2, 0) is 27.2 Å². The standard InChI is InChI=1S/C20H26O4/c1-3-4-15(2)5-6-16-7-8-18(22-13-20-14-24-20)9-17(16)10-21-11-19-12-23-19/h3-4,7-9,19-20H,2,5-6,10-14H2,1H3/b4-3-. The van der Waals surface area contributed by atoms with Gasteiger partial charge in [0.15, 0.2) is 0 Å². The number of aryl methyl sites for hydroxylation is 1. The highest BCUT2D eigenvalue weighted by Crippen LogP contribution is 2.23. The van der Waals surface area contributed by atoms with Gasteiger partial charge in [-0.1, -0.05) is 30.4 Å². The summed E-state index contributed by atoms with van der Waals surface area (Å²) in [5, 5.41) is 0. The summed E-state index contributed by atoms with van der Waals surface area (Å²) >= 11 is 0. The van der Waals surface area contributed by atoms with Crippen molar-refractivity contribution in [3.05, 3.63) is 53.6 Å². The first-order valence-corrected chi connectivity index (χ1v) is 8.60. The van der Waals surface area contributed by atoms with Crippen LogP contribution in [0.25, 0.3) is 0 Å². The number of benzene rings is 1. The van der Waals surface area contributed by atoms with Crippen molar-refractivity contribution in [3.63, 3.8) is 0 Å². The zero-order chi connectivity index (χ0) is 16.8. The number of hydrogen-bond acceptors (Lipinski definition) is 4. The maximum absolute atomic E-state index is 5.80. The normalized spacial score (nSPS) is 21.9. The number of allylic oxidation sites excluding steroid dienone is 3. The van der Waals surface area contributed by atoms with E-state index in [9.17, 15) is 0 Å². The molecule has 2 saturated heterocycles. The molecule has 130 valence electrons. The summed E-state index contributed by atoms with van der Waals surface area (Å²) in [6.45, 7) is 9.59. The van der Waals surface area contributed by atoms with E-state index in [1.807, 2.05) is 19.1 Å². The van der Waals surface area contributed by atoms with Gasteiger partial charge in [-0.15, -0.1) is 0 Å². The van der Waals surface area contributed by atoms with E-state index in [4.69, 9.17) is 18.9 Å². The molecule has 0 spiro atoms. The molecule has 1 aromatic rings. The second-order valence-corrected chi connectivity index (χ2v) is 6.33. The van der Waals surface area contributed by atoms with Crippen molar-refractivity contribution < 1.29 is 18.9 Å². The number of epoxide rings is 2. The minimum absolute atomic E-state index is 0.264. The summed E-state index contributed by atoms with van der Waals surface area (Å²) in [5.74, 6) is 0.878. The lowest BCUT2D eigenvalue weighted by Gasteiger charge is -2.13. The van der Waals surface area contributed by atoms with E-state index in [-0.39, 0.29) is 12.2 Å². The predicted octanol–water partition coefficient (Wildman–Crippen LogP) is 3.44. The highest BCUT2D eigenvalue weighted by atomic mass is 16.6. The van der Waals surface area contributed by atoms with Crippen molar-refractivity contribution in [1.82, 2.24) is 0 Å². The van der Waals surface area contributed by atoms with Gasteiger partial charge >= 0.3 is 0 Å². The molecule has 4 nitrogen and oxygen atoms in total. The van der Waals surface area contributed by atoms with Gasteiger partial charge in [0, 0.05) is 0 Å². The monoisotopic (exact) mass is 330 g/mol. The average molecular weight is 330 g/mol. The molecule has 2 aliphatic heterocycles. The highest BCUT2D eigenvalue weighted by Gasteiger charge is 2.24. The molecule has 24 heavy (non-hydrogen) atoms. The fraction of sp³-hybridized carbons (Fsp3) is 0.500. The SMILES string of the molecule is C=C(/C=C\C)CCc1ccc(OCC2CO2)cc1COCC1CO1. The minimum atomic E-state index is 0.264. The molecule has 2 aliphatic rings. The van der Waals surface area contributed by atoms with Crippen molar-refractivity contribution in [1.29, 1.82) is 0 Å². The lowest BCUT2D eigenvalue weighted by atomic mass is 10.00. The smallest absolute Gasteiger partial charge is 0.119 e. The van der Waals surface area contributed by atoms with E-state index < -0.39 is 0 Å². The van der Waals surface area contributed by atoms with Gasteiger partial charge in [-0.05, 0) is 43.0 Å². The molecular formula is C20H26O4. The Morgan fingerprint density at radius 2 is 1.96 bits per heavy atom. The Hall–Kier alpha value is -1.62. The maximum atomic E-state index is 5.80. The third kappa shape index (κ3) is 5.78. The fourth-order valence-corrected chi connectivity index (χ4v) is 2.50. The first kappa shape index (κ1) is 17.2. The van der Waals surface area contributed by atoms with E-state index >= 15 is 0 Å². The van der Waals surface area contributed by atoms with Crippen molar-refractivity contribution >= 4 is 0 Å². The predicted molar refractivity (Wildman–Crippen MR) is 93.3 cm³/mol. The van der Waals surface area contributed by atoms with Crippen LogP contribution < -0.4 is 4.74 Å². The van der Waals surface area contributed by atoms with Crippen LogP contribution in [-0.4, -0.2) is 38.6 Å². The van der Waals surface area contributed by atoms with Crippen LogP contribution in [0.1, 0.15) is 24.5 Å². The third-order valence-electron chi connectivity index (χ3n) is 4.10. The lowest BCUT2D eigenvalue weighted by Crippen LogP contribution is -2.07. The molecule has 0 radical (unpaired) electrons. The van der Waals surface area contributed by atoms with Gasteiger partial charge in [0.25, 0.3) is 0 Å². The molecule has 2 heterocycles. The summed E-state index contributed by atoms with van der Waals surface area (Å²) < 4.78 is 22.0. The molecule has 2 atom stereocenters. The van der Waals surface area contributed by atoms with Gasteiger partial charge in [0.2, 0.25) is 0 Å². The zero-order valence-corrected chi connectivity index (χ0v) is 14.3. The molecule has 0 aromatic heterocycles. The van der Waals surface area contributed by atoms with Crippen LogP contribution >= 0.6 is 0 Å². The first-order chi connectivity index (χ1) is 11.7. The van der Waals surface area contributed by atoms with Gasteiger partial charge in [-0.2, -0.15) is 0 Å². The van der Waals surface area contributed by atoms with E-state index in [2.05, 4.69) is 24.8 Å². The average Bonchev–Trinajstić information content (AvgIpc) is 3.46. The van der Waals surface area contributed by atoms with Crippen LogP contribution in [0.5, 0.6) is 5.75 Å². The largest absolute Gasteiger partial charge is 0.491 e. The van der Waals surface area contributed by atoms with Crippen LogP contribution in [0.15, 0.2) is 42.5 Å². The van der Waals surface area contributed by atoms with Gasteiger partial charge in [0.05, 0.1) is 26.4 Å². The Morgan fingerprint density at radius 3 is 2.67 bits per heavy atom. The Bertz CT molecular complexity index is 585. The van der Waals surface area contributed by atoms with Crippen molar-refractivity contribution in [2.45, 2.75) is 38.6 Å². The summed E-state index contributed by atoms with van der Waals surface area (Å²) in [6.07, 6.45) is 6.54. The van der Waals surface area contributed by atoms with Crippen LogP contribution in [0.2, 0.25) is 0 Å². The van der Waals surface area contributed by atoms with Gasteiger partial charge in [-0.25, -0.2) is 0 Å². The van der Waals surface area contributed by atoms with Crippen LogP contribution in [0.4, 0.5) is 0 Å². The highest BCUT2D eigenvalue weighted by molar-refractivity contribution is 5.36. The maximum Gasteiger partial charge on any atom is 0.119 e. The van der Waals surface area contributed by atoms with Crippen LogP contribution in [0, 0.1) is 0 Å². The molecule has 1 aromatic carbocycles. The van der Waals surface area contributed by atoms with Crippen LogP contribution in [0.3, 0.4) is 0 Å². The molecule has 0 amide bonds. The molecule has 4 heteroatoms. The molecular weight excluding hydrogens is 304 g/mol. The molecule has 0 aliphatic carbocycles. The minimum Gasteiger partial charge on any atom is -0.491 e. The van der Waals surface area contributed by atoms with E-state index in [1.54, 1.807) is 0 Å². The Balaban J connectivity index is 1.60. The number of rotatable bonds is 11. The molecule has 0 bridgehead atoms. The van der Waals surface area contributed by atoms with Gasteiger partial charge in [0.1, 0.15) is 24.6 Å². The summed E-state index contributed by atoms with van der Waals surface area (Å²) in [5.41, 5.74) is 3.60. The van der Waals surface area contributed by atoms with Crippen molar-refractivity contribution in [3.8, 4) is 5.75 Å². The Labute approximate surface area is 144 Å². The fourth-order valence-electron chi connectivity index (χ4n) is 2.50. The van der Waals surface area contributed by atoms with Crippen molar-refractivity contribution in [2.75, 3.05) is 26.4 Å². The van der Waals surface area contributed by atoms with Crippen molar-refractivity contribution in [2.24, 2.45) is 0 Å². The van der Waals surface area contributed by atoms with Gasteiger partial charge < -0.3 is 18.9 Å². The Kier molecular flexibility index (Phi) is 6.07. The summed E-state index contributed by atoms with van der Waals surface area (Å²) in [6, 6.07) is 6.26. The summed E-state index contributed by atoms with van der Waals surface area (Å²) in [7, 11) is 0. The lowest BCUT2D eigenvalue weighted by molar-refractivity contribution is 0.103. The van der Waals surface area contributed by atoms with E-state index in [0.29, 0.717) is 19.8 Å². The topological polar surface area (TPSA) is 43.5 Å². The summed E-state index contributed by atoms with van der Waals surface area (Å²) in [4.78, 5) is 0. The third-order valence-corrected chi connectivity index (χ3v) is 4.10. The van der Waals surface area contributed by atoms with E-state index in [0.717, 1.165) is 37.4 Å². The van der Waals surface area contributed by atoms with E-state index in [1.165, 1.54) is 11.1 Å². The quantitative estimate of drug-likeness (QED) is 0.460. The number of ether oxygens (including phenoxy) is 4. The molecule has 2 unspecified atom stereocenters. The zero-order valence-electron chi connectivity index (χ0n) is 14.3. The molecule has 0 saturated carbocycles. The second-order valence-electron chi connectivity index (χ2n) is 6.33. The van der Waals surface area contributed by atoms with Gasteiger partial charge in [-0.3, -0.25) is 0 Å². The molecule has 3 rings (SSSR count). The number of hydrogen-bond donors (Lipinski definition) is 0. The molecule has 0 N–H and O–H groups in total. The second kappa shape index (κ2) is 8.47. The molecule has 2 fully saturated rings. The Morgan fingerprint density at radius 1 is 1.21 bits per heavy atom. The first-order valence-electron chi connectivity index (χ1n) is 8.60.